The van der Waals surface area contributed by atoms with Gasteiger partial charge in [-0.1, -0.05) is 35.0 Å². The maximum absolute atomic E-state index is 5.14. The number of aromatic nitrogens is 2. The summed E-state index contributed by atoms with van der Waals surface area (Å²) in [4.78, 5) is 6.39. The number of hydrogen-bond acceptors (Lipinski definition) is 5. The van der Waals surface area contributed by atoms with Crippen molar-refractivity contribution in [3.8, 4) is 11.4 Å². The quantitative estimate of drug-likeness (QED) is 0.874. The summed E-state index contributed by atoms with van der Waals surface area (Å²) in [5.41, 5.74) is 2.18. The maximum Gasteiger partial charge on any atom is 0.321 e. The van der Waals surface area contributed by atoms with Gasteiger partial charge in [-0.25, -0.2) is 0 Å². The van der Waals surface area contributed by atoms with Crippen molar-refractivity contribution < 1.29 is 4.52 Å². The first-order valence-corrected chi connectivity index (χ1v) is 5.94. The monoisotopic (exact) mass is 246 g/mol. The molecule has 0 bridgehead atoms. The fraction of sp³-hybridized carbons (Fsp3) is 0.385. The van der Waals surface area contributed by atoms with Crippen molar-refractivity contribution in [2.75, 3.05) is 32.5 Å². The second-order valence-electron chi connectivity index (χ2n) is 4.52. The molecule has 0 spiro atoms. The van der Waals surface area contributed by atoms with E-state index < -0.39 is 0 Å². The third kappa shape index (κ3) is 3.30. The van der Waals surface area contributed by atoms with E-state index in [1.165, 1.54) is 5.56 Å². The topological polar surface area (TPSA) is 54.2 Å². The molecule has 0 aliphatic heterocycles. The van der Waals surface area contributed by atoms with Gasteiger partial charge in [-0.05, 0) is 21.0 Å². The second-order valence-corrected chi connectivity index (χ2v) is 4.52. The molecule has 0 atom stereocenters. The van der Waals surface area contributed by atoms with Crippen molar-refractivity contribution in [2.24, 2.45) is 0 Å². The lowest BCUT2D eigenvalue weighted by Crippen LogP contribution is -2.20. The number of anilines is 1. The highest BCUT2D eigenvalue weighted by Gasteiger charge is 2.07. The van der Waals surface area contributed by atoms with Crippen LogP contribution in [0.2, 0.25) is 0 Å². The predicted octanol–water partition coefficient (Wildman–Crippen LogP) is 2.02. The van der Waals surface area contributed by atoms with Gasteiger partial charge in [0, 0.05) is 18.7 Å². The van der Waals surface area contributed by atoms with Gasteiger partial charge >= 0.3 is 6.01 Å². The molecule has 1 heterocycles. The second kappa shape index (κ2) is 5.64. The number of likely N-dealkylation sites (N-methyl/N-ethyl adjacent to an activating group) is 1. The van der Waals surface area contributed by atoms with Gasteiger partial charge in [0.1, 0.15) is 0 Å². The minimum atomic E-state index is 0.465. The predicted molar refractivity (Wildman–Crippen MR) is 71.5 cm³/mol. The van der Waals surface area contributed by atoms with Crippen LogP contribution in [0.4, 0.5) is 6.01 Å². The summed E-state index contributed by atoms with van der Waals surface area (Å²) in [7, 11) is 4.04. The van der Waals surface area contributed by atoms with Crippen molar-refractivity contribution in [1.82, 2.24) is 15.0 Å². The van der Waals surface area contributed by atoms with E-state index in [4.69, 9.17) is 4.52 Å². The summed E-state index contributed by atoms with van der Waals surface area (Å²) < 4.78 is 5.14. The Bertz CT molecular complexity index is 490. The van der Waals surface area contributed by atoms with Crippen molar-refractivity contribution in [1.29, 1.82) is 0 Å². The average Bonchev–Trinajstić information content (AvgIpc) is 2.78. The van der Waals surface area contributed by atoms with Gasteiger partial charge in [0.15, 0.2) is 0 Å². The Balaban J connectivity index is 1.99. The van der Waals surface area contributed by atoms with Crippen LogP contribution in [0, 0.1) is 6.92 Å². The Hall–Kier alpha value is -1.88. The molecule has 96 valence electrons. The number of nitrogens with zero attached hydrogens (tertiary/aromatic N) is 3. The minimum absolute atomic E-state index is 0.465. The molecule has 0 saturated heterocycles. The number of hydrogen-bond donors (Lipinski definition) is 1. The molecule has 5 nitrogen and oxygen atoms in total. The van der Waals surface area contributed by atoms with E-state index in [2.05, 4.69) is 20.4 Å². The normalized spacial score (nSPS) is 10.9. The van der Waals surface area contributed by atoms with Gasteiger partial charge in [-0.15, -0.1) is 0 Å². The molecule has 18 heavy (non-hydrogen) atoms. The van der Waals surface area contributed by atoms with Crippen molar-refractivity contribution in [2.45, 2.75) is 6.92 Å². The molecule has 0 aliphatic carbocycles. The molecule has 0 radical (unpaired) electrons. The van der Waals surface area contributed by atoms with E-state index in [1.807, 2.05) is 45.3 Å². The van der Waals surface area contributed by atoms with Gasteiger partial charge in [0.2, 0.25) is 5.82 Å². The van der Waals surface area contributed by atoms with E-state index in [-0.39, 0.29) is 0 Å². The molecule has 1 aromatic heterocycles. The number of aryl methyl sites for hydroxylation is 1. The number of nitrogens with one attached hydrogen (secondary N) is 1. The SMILES string of the molecule is Cc1ccc(-c2noc(NCCN(C)C)n2)cc1. The Kier molecular flexibility index (Phi) is 3.94. The zero-order valence-electron chi connectivity index (χ0n) is 11.0. The van der Waals surface area contributed by atoms with Gasteiger partial charge in [0.25, 0.3) is 0 Å². The molecule has 0 aliphatic rings. The molecule has 0 fully saturated rings. The van der Waals surface area contributed by atoms with E-state index in [1.54, 1.807) is 0 Å². The lowest BCUT2D eigenvalue weighted by Gasteiger charge is -2.07. The molecule has 0 unspecified atom stereocenters. The summed E-state index contributed by atoms with van der Waals surface area (Å²) in [6, 6.07) is 8.51. The van der Waals surface area contributed by atoms with Crippen LogP contribution >= 0.6 is 0 Å². The summed E-state index contributed by atoms with van der Waals surface area (Å²) >= 11 is 0. The lowest BCUT2D eigenvalue weighted by molar-refractivity contribution is 0.410. The van der Waals surface area contributed by atoms with Crippen LogP contribution in [-0.4, -0.2) is 42.2 Å². The molecule has 1 N–H and O–H groups in total. The standard InChI is InChI=1S/C13H18N4O/c1-10-4-6-11(7-5-10)12-15-13(18-16-12)14-8-9-17(2)3/h4-7H,8-9H2,1-3H3,(H,14,15,16). The van der Waals surface area contributed by atoms with Gasteiger partial charge in [0.05, 0.1) is 0 Å². The molecular weight excluding hydrogens is 228 g/mol. The Morgan fingerprint density at radius 2 is 1.94 bits per heavy atom. The van der Waals surface area contributed by atoms with Crippen LogP contribution in [0.25, 0.3) is 11.4 Å². The summed E-state index contributed by atoms with van der Waals surface area (Å²) in [6.45, 7) is 3.75. The van der Waals surface area contributed by atoms with Crippen LogP contribution in [0.1, 0.15) is 5.56 Å². The van der Waals surface area contributed by atoms with Gasteiger partial charge in [-0.3, -0.25) is 0 Å². The third-order valence-corrected chi connectivity index (χ3v) is 2.57. The molecule has 2 rings (SSSR count). The van der Waals surface area contributed by atoms with Crippen molar-refractivity contribution in [3.63, 3.8) is 0 Å². The zero-order chi connectivity index (χ0) is 13.0. The zero-order valence-corrected chi connectivity index (χ0v) is 11.0. The molecular formula is C13H18N4O. The highest BCUT2D eigenvalue weighted by atomic mass is 16.5. The first-order chi connectivity index (χ1) is 8.65. The number of rotatable bonds is 5. The van der Waals surface area contributed by atoms with E-state index in [9.17, 15) is 0 Å². The Morgan fingerprint density at radius 3 is 2.61 bits per heavy atom. The highest BCUT2D eigenvalue weighted by Crippen LogP contribution is 2.17. The fourth-order valence-corrected chi connectivity index (χ4v) is 1.50. The Morgan fingerprint density at radius 1 is 1.22 bits per heavy atom. The van der Waals surface area contributed by atoms with E-state index >= 15 is 0 Å². The van der Waals surface area contributed by atoms with Crippen LogP contribution in [-0.2, 0) is 0 Å². The lowest BCUT2D eigenvalue weighted by atomic mass is 10.1. The minimum Gasteiger partial charge on any atom is -0.336 e. The van der Waals surface area contributed by atoms with Crippen LogP contribution in [0.15, 0.2) is 28.8 Å². The van der Waals surface area contributed by atoms with Crippen molar-refractivity contribution >= 4 is 6.01 Å². The van der Waals surface area contributed by atoms with Crippen LogP contribution < -0.4 is 5.32 Å². The van der Waals surface area contributed by atoms with Gasteiger partial charge < -0.3 is 14.7 Å². The highest BCUT2D eigenvalue weighted by molar-refractivity contribution is 5.55. The van der Waals surface area contributed by atoms with Crippen molar-refractivity contribution in [3.05, 3.63) is 29.8 Å². The van der Waals surface area contributed by atoms with Crippen LogP contribution in [0.3, 0.4) is 0 Å². The average molecular weight is 246 g/mol. The summed E-state index contributed by atoms with van der Waals surface area (Å²) in [6.07, 6.45) is 0. The molecule has 2 aromatic rings. The largest absolute Gasteiger partial charge is 0.336 e. The number of benzene rings is 1. The smallest absolute Gasteiger partial charge is 0.321 e. The summed E-state index contributed by atoms with van der Waals surface area (Å²) in [5.74, 6) is 0.613. The molecule has 0 saturated carbocycles. The van der Waals surface area contributed by atoms with E-state index in [0.29, 0.717) is 11.8 Å². The molecule has 0 amide bonds. The fourth-order valence-electron chi connectivity index (χ4n) is 1.50. The van der Waals surface area contributed by atoms with E-state index in [0.717, 1.165) is 18.7 Å². The molecule has 5 heteroatoms. The van der Waals surface area contributed by atoms with Crippen LogP contribution in [0.5, 0.6) is 0 Å². The first-order valence-electron chi connectivity index (χ1n) is 5.94. The maximum atomic E-state index is 5.14. The van der Waals surface area contributed by atoms with Gasteiger partial charge in [-0.2, -0.15) is 4.98 Å². The summed E-state index contributed by atoms with van der Waals surface area (Å²) in [5, 5.41) is 7.05. The Labute approximate surface area is 107 Å². The first kappa shape index (κ1) is 12.6. The third-order valence-electron chi connectivity index (χ3n) is 2.57. The molecule has 1 aromatic carbocycles.